The standard InChI is InChI=1S/C20H19FN6O2/c1-11-8-22-18(28)14-10-24-27-5-3-16(25-17(14)27)26-4-2-12-7-20(12,26)15-6-13(21)9-23-19(15)29-11/h3,5-6,9-12H,2,4,7-8H2,1H3,(H,22,28)/t11-,12+,20-/m1/s1. The van der Waals surface area contributed by atoms with E-state index in [2.05, 4.69) is 20.3 Å². The molecule has 1 saturated heterocycles. The van der Waals surface area contributed by atoms with Crippen LogP contribution in [0.3, 0.4) is 0 Å². The number of hydrogen-bond acceptors (Lipinski definition) is 6. The Morgan fingerprint density at radius 3 is 3.14 bits per heavy atom. The first-order chi connectivity index (χ1) is 14.1. The Kier molecular flexibility index (Phi) is 3.25. The van der Waals surface area contributed by atoms with Gasteiger partial charge in [0.15, 0.2) is 5.65 Å². The molecule has 148 valence electrons. The highest BCUT2D eigenvalue weighted by molar-refractivity contribution is 5.99. The number of hydrogen-bond donors (Lipinski definition) is 1. The van der Waals surface area contributed by atoms with Gasteiger partial charge in [-0.1, -0.05) is 0 Å². The van der Waals surface area contributed by atoms with E-state index < -0.39 is 0 Å². The van der Waals surface area contributed by atoms with Crippen molar-refractivity contribution in [3.05, 3.63) is 47.7 Å². The Labute approximate surface area is 165 Å². The van der Waals surface area contributed by atoms with E-state index in [0.29, 0.717) is 23.0 Å². The first-order valence-corrected chi connectivity index (χ1v) is 9.79. The van der Waals surface area contributed by atoms with Crippen LogP contribution in [0.4, 0.5) is 10.2 Å². The van der Waals surface area contributed by atoms with Gasteiger partial charge in [-0.05, 0) is 37.8 Å². The molecule has 2 bridgehead atoms. The lowest BCUT2D eigenvalue weighted by Crippen LogP contribution is -2.35. The van der Waals surface area contributed by atoms with Crippen molar-refractivity contribution in [2.75, 3.05) is 18.0 Å². The van der Waals surface area contributed by atoms with Crippen LogP contribution >= 0.6 is 0 Å². The third-order valence-corrected chi connectivity index (χ3v) is 6.28. The monoisotopic (exact) mass is 394 g/mol. The van der Waals surface area contributed by atoms with Crippen molar-refractivity contribution >= 4 is 17.4 Å². The van der Waals surface area contributed by atoms with Crippen molar-refractivity contribution < 1.29 is 13.9 Å². The molecule has 5 heterocycles. The van der Waals surface area contributed by atoms with E-state index in [-0.39, 0.29) is 29.9 Å². The fourth-order valence-electron chi connectivity index (χ4n) is 4.83. The quantitative estimate of drug-likeness (QED) is 0.627. The molecular weight excluding hydrogens is 375 g/mol. The highest BCUT2D eigenvalue weighted by Gasteiger charge is 2.65. The van der Waals surface area contributed by atoms with Crippen molar-refractivity contribution in [2.24, 2.45) is 5.92 Å². The number of anilines is 1. The molecule has 6 rings (SSSR count). The number of ether oxygens (including phenoxy) is 1. The van der Waals surface area contributed by atoms with E-state index in [1.165, 1.54) is 18.5 Å². The van der Waals surface area contributed by atoms with Crippen molar-refractivity contribution in [3.63, 3.8) is 0 Å². The molecule has 1 saturated carbocycles. The second-order valence-electron chi connectivity index (χ2n) is 8.02. The normalized spacial score (nSPS) is 27.8. The fourth-order valence-corrected chi connectivity index (χ4v) is 4.83. The molecule has 1 aliphatic carbocycles. The zero-order chi connectivity index (χ0) is 19.8. The number of pyridine rings is 1. The van der Waals surface area contributed by atoms with Gasteiger partial charge in [0.2, 0.25) is 5.88 Å². The number of carbonyl (C=O) groups excluding carboxylic acids is 1. The third kappa shape index (κ3) is 2.30. The number of halogens is 1. The van der Waals surface area contributed by atoms with Crippen LogP contribution in [0.2, 0.25) is 0 Å². The van der Waals surface area contributed by atoms with E-state index in [1.807, 2.05) is 13.0 Å². The number of aromatic nitrogens is 4. The van der Waals surface area contributed by atoms with Crippen LogP contribution in [0.1, 0.15) is 35.7 Å². The molecule has 1 amide bonds. The van der Waals surface area contributed by atoms with Crippen molar-refractivity contribution in [2.45, 2.75) is 31.4 Å². The molecule has 8 nitrogen and oxygen atoms in total. The van der Waals surface area contributed by atoms with Crippen LogP contribution in [-0.4, -0.2) is 44.7 Å². The summed E-state index contributed by atoms with van der Waals surface area (Å²) in [5.74, 6) is 0.925. The van der Waals surface area contributed by atoms with Crippen molar-refractivity contribution in [1.29, 1.82) is 0 Å². The first kappa shape index (κ1) is 16.7. The smallest absolute Gasteiger partial charge is 0.256 e. The molecule has 3 atom stereocenters. The molecule has 3 aromatic rings. The number of amides is 1. The van der Waals surface area contributed by atoms with Crippen LogP contribution in [0.5, 0.6) is 5.88 Å². The second kappa shape index (κ2) is 5.65. The summed E-state index contributed by atoms with van der Waals surface area (Å²) in [6.45, 7) is 2.94. The molecule has 1 N–H and O–H groups in total. The summed E-state index contributed by atoms with van der Waals surface area (Å²) < 4.78 is 21.9. The van der Waals surface area contributed by atoms with E-state index in [9.17, 15) is 9.18 Å². The highest BCUT2D eigenvalue weighted by Crippen LogP contribution is 2.64. The summed E-state index contributed by atoms with van der Waals surface area (Å²) in [5.41, 5.74) is 1.30. The summed E-state index contributed by atoms with van der Waals surface area (Å²) >= 11 is 0. The van der Waals surface area contributed by atoms with Crippen LogP contribution in [0.25, 0.3) is 5.65 Å². The lowest BCUT2D eigenvalue weighted by atomic mass is 10.0. The summed E-state index contributed by atoms with van der Waals surface area (Å²) in [5, 5.41) is 7.11. The summed E-state index contributed by atoms with van der Waals surface area (Å²) in [6, 6.07) is 3.42. The number of piperidine rings is 1. The predicted octanol–water partition coefficient (Wildman–Crippen LogP) is 1.90. The van der Waals surface area contributed by atoms with Crippen molar-refractivity contribution in [1.82, 2.24) is 24.9 Å². The van der Waals surface area contributed by atoms with Gasteiger partial charge < -0.3 is 15.0 Å². The molecular formula is C20H19FN6O2. The van der Waals surface area contributed by atoms with Gasteiger partial charge in [0.25, 0.3) is 5.91 Å². The SMILES string of the molecule is C[C@@H]1CNC(=O)c2cnn3ccc(nc23)N2CC[C@H]3C[C@]32c2cc(F)cnc2O1. The van der Waals surface area contributed by atoms with E-state index in [0.717, 1.165) is 30.8 Å². The molecule has 29 heavy (non-hydrogen) atoms. The zero-order valence-electron chi connectivity index (χ0n) is 15.8. The predicted molar refractivity (Wildman–Crippen MR) is 101 cm³/mol. The van der Waals surface area contributed by atoms with Gasteiger partial charge in [-0.25, -0.2) is 18.9 Å². The Morgan fingerprint density at radius 2 is 2.28 bits per heavy atom. The number of rotatable bonds is 0. The Balaban J connectivity index is 1.58. The minimum absolute atomic E-state index is 0.257. The average molecular weight is 394 g/mol. The van der Waals surface area contributed by atoms with Gasteiger partial charge >= 0.3 is 0 Å². The highest BCUT2D eigenvalue weighted by atomic mass is 19.1. The molecule has 3 aromatic heterocycles. The van der Waals surface area contributed by atoms with Crippen LogP contribution in [-0.2, 0) is 5.54 Å². The molecule has 2 aliphatic heterocycles. The number of nitrogens with one attached hydrogen (secondary N) is 1. The zero-order valence-corrected chi connectivity index (χ0v) is 15.8. The molecule has 0 radical (unpaired) electrons. The van der Waals surface area contributed by atoms with Gasteiger partial charge in [-0.15, -0.1) is 0 Å². The number of carbonyl (C=O) groups is 1. The summed E-state index contributed by atoms with van der Waals surface area (Å²) in [7, 11) is 0. The topological polar surface area (TPSA) is 84.7 Å². The van der Waals surface area contributed by atoms with Gasteiger partial charge in [-0.2, -0.15) is 5.10 Å². The number of nitrogens with zero attached hydrogens (tertiary/aromatic N) is 5. The maximum atomic E-state index is 14.2. The first-order valence-electron chi connectivity index (χ1n) is 9.79. The largest absolute Gasteiger partial charge is 0.473 e. The Morgan fingerprint density at radius 1 is 1.38 bits per heavy atom. The van der Waals surface area contributed by atoms with Crippen LogP contribution < -0.4 is 15.0 Å². The fraction of sp³-hybridized carbons (Fsp3) is 0.400. The van der Waals surface area contributed by atoms with Crippen LogP contribution in [0.15, 0.2) is 30.7 Å². The Bertz CT molecular complexity index is 1160. The lowest BCUT2D eigenvalue weighted by Gasteiger charge is -2.31. The molecule has 0 aromatic carbocycles. The van der Waals surface area contributed by atoms with E-state index in [4.69, 9.17) is 9.72 Å². The van der Waals surface area contributed by atoms with E-state index in [1.54, 1.807) is 10.7 Å². The lowest BCUT2D eigenvalue weighted by molar-refractivity contribution is 0.0931. The van der Waals surface area contributed by atoms with Crippen molar-refractivity contribution in [3.8, 4) is 5.88 Å². The molecule has 9 heteroatoms. The molecule has 2 fully saturated rings. The van der Waals surface area contributed by atoms with Gasteiger partial charge in [0.1, 0.15) is 23.3 Å². The molecule has 3 aliphatic rings. The van der Waals surface area contributed by atoms with Crippen LogP contribution in [0, 0.1) is 11.7 Å². The van der Waals surface area contributed by atoms with Gasteiger partial charge in [0.05, 0.1) is 24.5 Å². The Hall–Kier alpha value is -3.23. The number of fused-ring (bicyclic) bond motifs is 3. The van der Waals surface area contributed by atoms with Gasteiger partial charge in [0, 0.05) is 18.3 Å². The minimum Gasteiger partial charge on any atom is -0.473 e. The van der Waals surface area contributed by atoms with E-state index >= 15 is 0 Å². The second-order valence-corrected chi connectivity index (χ2v) is 8.02. The summed E-state index contributed by atoms with van der Waals surface area (Å²) in [6.07, 6.45) is 6.07. The molecule has 0 unspecified atom stereocenters. The van der Waals surface area contributed by atoms with Gasteiger partial charge in [-0.3, -0.25) is 4.79 Å². The third-order valence-electron chi connectivity index (χ3n) is 6.28. The summed E-state index contributed by atoms with van der Waals surface area (Å²) in [4.78, 5) is 23.9. The molecule has 1 spiro atoms. The minimum atomic E-state index is -0.383. The maximum absolute atomic E-state index is 14.2. The maximum Gasteiger partial charge on any atom is 0.256 e. The average Bonchev–Trinajstić information content (AvgIpc) is 3.10.